The van der Waals surface area contributed by atoms with Gasteiger partial charge in [-0.15, -0.1) is 0 Å². The zero-order valence-electron chi connectivity index (χ0n) is 12.9. The normalized spacial score (nSPS) is 18.3. The molecular formula is C14H21N5O2. The molecule has 1 aliphatic rings. The average molecular weight is 291 g/mol. The Morgan fingerprint density at radius 3 is 2.48 bits per heavy atom. The molecule has 7 heteroatoms. The molecule has 0 aliphatic carbocycles. The molecule has 7 nitrogen and oxygen atoms in total. The van der Waals surface area contributed by atoms with Crippen molar-refractivity contribution in [2.45, 2.75) is 39.7 Å². The van der Waals surface area contributed by atoms with Gasteiger partial charge in [0, 0.05) is 19.2 Å². The molecule has 1 fully saturated rings. The molecule has 0 radical (unpaired) electrons. The Balaban J connectivity index is 2.22. The summed E-state index contributed by atoms with van der Waals surface area (Å²) in [5.41, 5.74) is 0.851. The Labute approximate surface area is 124 Å². The zero-order chi connectivity index (χ0) is 15.6. The van der Waals surface area contributed by atoms with E-state index in [2.05, 4.69) is 27.5 Å². The summed E-state index contributed by atoms with van der Waals surface area (Å²) in [6, 6.07) is -0.547. The van der Waals surface area contributed by atoms with E-state index in [1.54, 1.807) is 6.92 Å². The molecule has 114 valence electrons. The number of aryl methyl sites for hydroxylation is 1. The van der Waals surface area contributed by atoms with Gasteiger partial charge in [-0.05, 0) is 20.3 Å². The minimum Gasteiger partial charge on any atom is -0.370 e. The lowest BCUT2D eigenvalue weighted by Crippen LogP contribution is -2.32. The van der Waals surface area contributed by atoms with Gasteiger partial charge in [0.25, 0.3) is 5.91 Å². The number of hydrogen-bond donors (Lipinski definition) is 2. The number of carbonyl (C=O) groups excluding carboxylic acids is 2. The van der Waals surface area contributed by atoms with Gasteiger partial charge in [-0.2, -0.15) is 0 Å². The van der Waals surface area contributed by atoms with Gasteiger partial charge in [-0.25, -0.2) is 9.97 Å². The quantitative estimate of drug-likeness (QED) is 0.790. The predicted octanol–water partition coefficient (Wildman–Crippen LogP) is 1.08. The summed E-state index contributed by atoms with van der Waals surface area (Å²) in [6.07, 6.45) is 1.15. The highest BCUT2D eigenvalue weighted by Crippen LogP contribution is 2.23. The summed E-state index contributed by atoms with van der Waals surface area (Å²) < 4.78 is 0. The second kappa shape index (κ2) is 6.07. The molecule has 2 rings (SSSR count). The van der Waals surface area contributed by atoms with Crippen molar-refractivity contribution >= 4 is 23.5 Å². The first kappa shape index (κ1) is 15.2. The molecule has 0 saturated carbocycles. The maximum Gasteiger partial charge on any atom is 0.251 e. The van der Waals surface area contributed by atoms with Crippen LogP contribution in [0.5, 0.6) is 0 Å². The number of carbonyl (C=O) groups is 2. The van der Waals surface area contributed by atoms with E-state index < -0.39 is 6.04 Å². The van der Waals surface area contributed by atoms with E-state index in [1.165, 1.54) is 7.05 Å². The summed E-state index contributed by atoms with van der Waals surface area (Å²) in [7, 11) is 1.50. The van der Waals surface area contributed by atoms with Gasteiger partial charge in [-0.3, -0.25) is 14.5 Å². The van der Waals surface area contributed by atoms with E-state index in [1.807, 2.05) is 6.92 Å². The van der Waals surface area contributed by atoms with E-state index in [0.717, 1.165) is 29.2 Å². The number of likely N-dealkylation sites (N-methyl/N-ethyl adjacent to an activating group) is 1. The molecule has 1 aromatic heterocycles. The Morgan fingerprint density at radius 1 is 1.24 bits per heavy atom. The van der Waals surface area contributed by atoms with E-state index in [9.17, 15) is 9.59 Å². The van der Waals surface area contributed by atoms with Gasteiger partial charge < -0.3 is 10.6 Å². The van der Waals surface area contributed by atoms with Gasteiger partial charge in [-0.1, -0.05) is 6.92 Å². The molecule has 0 aromatic carbocycles. The van der Waals surface area contributed by atoms with Crippen molar-refractivity contribution in [3.05, 3.63) is 11.4 Å². The standard InChI is InChI=1S/C14H21N5O2/c1-5-6-15-12-8(2)13(17-9(3)16-12)18-10-7-11(20)19(4)14(10)21/h10H,5-7H2,1-4H3,(H2,15,16,17,18). The molecule has 2 N–H and O–H groups in total. The van der Waals surface area contributed by atoms with Crippen LogP contribution in [0.25, 0.3) is 0 Å². The van der Waals surface area contributed by atoms with Gasteiger partial charge in [0.1, 0.15) is 23.5 Å². The third-order valence-corrected chi connectivity index (χ3v) is 3.49. The van der Waals surface area contributed by atoms with Crippen LogP contribution in [0.3, 0.4) is 0 Å². The maximum atomic E-state index is 12.0. The highest BCUT2D eigenvalue weighted by Gasteiger charge is 2.36. The number of nitrogens with one attached hydrogen (secondary N) is 2. The van der Waals surface area contributed by atoms with Crippen LogP contribution in [0, 0.1) is 13.8 Å². The molecule has 0 spiro atoms. The minimum atomic E-state index is -0.547. The fourth-order valence-corrected chi connectivity index (χ4v) is 2.22. The predicted molar refractivity (Wildman–Crippen MR) is 80.1 cm³/mol. The van der Waals surface area contributed by atoms with Crippen LogP contribution in [-0.4, -0.2) is 46.3 Å². The number of rotatable bonds is 5. The molecule has 1 unspecified atom stereocenters. The summed E-state index contributed by atoms with van der Waals surface area (Å²) in [6.45, 7) is 6.59. The first-order valence-electron chi connectivity index (χ1n) is 7.10. The van der Waals surface area contributed by atoms with Crippen molar-refractivity contribution in [3.8, 4) is 0 Å². The smallest absolute Gasteiger partial charge is 0.251 e. The van der Waals surface area contributed by atoms with E-state index >= 15 is 0 Å². The molecular weight excluding hydrogens is 270 g/mol. The molecule has 1 aliphatic heterocycles. The Morgan fingerprint density at radius 2 is 1.90 bits per heavy atom. The molecule has 0 bridgehead atoms. The maximum absolute atomic E-state index is 12.0. The number of hydrogen-bond acceptors (Lipinski definition) is 6. The van der Waals surface area contributed by atoms with E-state index in [0.29, 0.717) is 11.6 Å². The van der Waals surface area contributed by atoms with E-state index in [4.69, 9.17) is 0 Å². The van der Waals surface area contributed by atoms with Crippen LogP contribution >= 0.6 is 0 Å². The molecule has 2 amide bonds. The SMILES string of the molecule is CCCNc1nc(C)nc(NC2CC(=O)N(C)C2=O)c1C. The first-order chi connectivity index (χ1) is 9.93. The summed E-state index contributed by atoms with van der Waals surface area (Å²) in [5, 5.41) is 6.32. The molecule has 1 saturated heterocycles. The highest BCUT2D eigenvalue weighted by atomic mass is 16.2. The van der Waals surface area contributed by atoms with Gasteiger partial charge >= 0.3 is 0 Å². The number of imide groups is 1. The van der Waals surface area contributed by atoms with Crippen LogP contribution in [0.2, 0.25) is 0 Å². The highest BCUT2D eigenvalue weighted by molar-refractivity contribution is 6.06. The van der Waals surface area contributed by atoms with Crippen molar-refractivity contribution in [2.75, 3.05) is 24.2 Å². The lowest BCUT2D eigenvalue weighted by molar-refractivity contribution is -0.136. The fourth-order valence-electron chi connectivity index (χ4n) is 2.22. The Hall–Kier alpha value is -2.18. The minimum absolute atomic E-state index is 0.162. The molecule has 21 heavy (non-hydrogen) atoms. The lowest BCUT2D eigenvalue weighted by atomic mass is 10.2. The number of nitrogens with zero attached hydrogens (tertiary/aromatic N) is 3. The fraction of sp³-hybridized carbons (Fsp3) is 0.571. The number of amides is 2. The van der Waals surface area contributed by atoms with Crippen molar-refractivity contribution in [2.24, 2.45) is 0 Å². The van der Waals surface area contributed by atoms with Crippen LogP contribution in [-0.2, 0) is 9.59 Å². The zero-order valence-corrected chi connectivity index (χ0v) is 12.9. The molecule has 2 heterocycles. The van der Waals surface area contributed by atoms with Crippen molar-refractivity contribution in [3.63, 3.8) is 0 Å². The van der Waals surface area contributed by atoms with E-state index in [-0.39, 0.29) is 18.2 Å². The van der Waals surface area contributed by atoms with Crippen LogP contribution in [0.15, 0.2) is 0 Å². The monoisotopic (exact) mass is 291 g/mol. The number of anilines is 2. The van der Waals surface area contributed by atoms with Crippen molar-refractivity contribution in [1.82, 2.24) is 14.9 Å². The largest absolute Gasteiger partial charge is 0.370 e. The molecule has 1 aromatic rings. The summed E-state index contributed by atoms with van der Waals surface area (Å²) in [5.74, 6) is 1.58. The Bertz CT molecular complexity index is 573. The second-order valence-corrected chi connectivity index (χ2v) is 5.21. The number of likely N-dealkylation sites (tertiary alicyclic amines) is 1. The van der Waals surface area contributed by atoms with Crippen molar-refractivity contribution in [1.29, 1.82) is 0 Å². The first-order valence-corrected chi connectivity index (χ1v) is 7.10. The Kier molecular flexibility index (Phi) is 4.40. The third kappa shape index (κ3) is 3.12. The summed E-state index contributed by atoms with van der Waals surface area (Å²) >= 11 is 0. The second-order valence-electron chi connectivity index (χ2n) is 5.21. The van der Waals surface area contributed by atoms with Crippen LogP contribution in [0.4, 0.5) is 11.6 Å². The summed E-state index contributed by atoms with van der Waals surface area (Å²) in [4.78, 5) is 33.4. The lowest BCUT2D eigenvalue weighted by Gasteiger charge is -2.16. The van der Waals surface area contributed by atoms with Gasteiger partial charge in [0.05, 0.1) is 6.42 Å². The van der Waals surface area contributed by atoms with Gasteiger partial charge in [0.2, 0.25) is 5.91 Å². The van der Waals surface area contributed by atoms with Crippen LogP contribution < -0.4 is 10.6 Å². The van der Waals surface area contributed by atoms with Gasteiger partial charge in [0.15, 0.2) is 0 Å². The third-order valence-electron chi connectivity index (χ3n) is 3.49. The average Bonchev–Trinajstić information content (AvgIpc) is 2.68. The van der Waals surface area contributed by atoms with Crippen molar-refractivity contribution < 1.29 is 9.59 Å². The van der Waals surface area contributed by atoms with Crippen LogP contribution in [0.1, 0.15) is 31.2 Å². The number of aromatic nitrogens is 2. The topological polar surface area (TPSA) is 87.2 Å². The molecule has 1 atom stereocenters.